The second kappa shape index (κ2) is 7.81. The quantitative estimate of drug-likeness (QED) is 0.873. The van der Waals surface area contributed by atoms with Crippen molar-refractivity contribution in [2.24, 2.45) is 5.92 Å². The topological polar surface area (TPSA) is 63.7 Å². The molecule has 6 nitrogen and oxygen atoms in total. The van der Waals surface area contributed by atoms with E-state index in [0.29, 0.717) is 31.0 Å². The zero-order valence-corrected chi connectivity index (χ0v) is 14.6. The summed E-state index contributed by atoms with van der Waals surface area (Å²) in [5.74, 6) is 0.647. The van der Waals surface area contributed by atoms with E-state index < -0.39 is 0 Å². The van der Waals surface area contributed by atoms with Crippen molar-refractivity contribution in [3.8, 4) is 0 Å². The van der Waals surface area contributed by atoms with E-state index >= 15 is 0 Å². The molecular formula is C19H27N3O3. The molecule has 0 saturated carbocycles. The van der Waals surface area contributed by atoms with Gasteiger partial charge in [0.05, 0.1) is 18.6 Å². The summed E-state index contributed by atoms with van der Waals surface area (Å²) in [6.07, 6.45) is 7.63. The highest BCUT2D eigenvalue weighted by atomic mass is 16.5. The largest absolute Gasteiger partial charge is 0.381 e. The van der Waals surface area contributed by atoms with Gasteiger partial charge in [0.15, 0.2) is 0 Å². The third-order valence-electron chi connectivity index (χ3n) is 5.67. The normalized spacial score (nSPS) is 30.3. The van der Waals surface area contributed by atoms with Crippen LogP contribution in [0.2, 0.25) is 0 Å². The van der Waals surface area contributed by atoms with Gasteiger partial charge in [0.25, 0.3) is 0 Å². The molecule has 0 spiro atoms. The summed E-state index contributed by atoms with van der Waals surface area (Å²) in [5.41, 5.74) is 1.02. The molecule has 3 aliphatic heterocycles. The number of hydrogen-bond acceptors (Lipinski definition) is 5. The zero-order valence-electron chi connectivity index (χ0n) is 14.6. The molecule has 0 aliphatic carbocycles. The Hall–Kier alpha value is -1.50. The van der Waals surface area contributed by atoms with E-state index in [0.717, 1.165) is 51.1 Å². The maximum Gasteiger partial charge on any atom is 0.222 e. The number of pyridine rings is 1. The molecular weight excluding hydrogens is 318 g/mol. The predicted octanol–water partition coefficient (Wildman–Crippen LogP) is 1.36. The van der Waals surface area contributed by atoms with Crippen molar-refractivity contribution < 1.29 is 14.3 Å². The van der Waals surface area contributed by atoms with Gasteiger partial charge in [0.2, 0.25) is 5.91 Å². The van der Waals surface area contributed by atoms with Gasteiger partial charge in [-0.15, -0.1) is 0 Å². The Morgan fingerprint density at radius 3 is 2.96 bits per heavy atom. The molecule has 25 heavy (non-hydrogen) atoms. The van der Waals surface area contributed by atoms with Crippen LogP contribution in [-0.2, 0) is 20.8 Å². The molecule has 3 saturated heterocycles. The first kappa shape index (κ1) is 16.9. The Bertz CT molecular complexity index is 563. The van der Waals surface area contributed by atoms with Gasteiger partial charge in [0.1, 0.15) is 0 Å². The number of carbonyl (C=O) groups is 1. The van der Waals surface area contributed by atoms with Gasteiger partial charge < -0.3 is 14.8 Å². The van der Waals surface area contributed by atoms with Gasteiger partial charge >= 0.3 is 0 Å². The summed E-state index contributed by atoms with van der Waals surface area (Å²) in [7, 11) is 0. The van der Waals surface area contributed by atoms with Crippen molar-refractivity contribution in [3.05, 3.63) is 30.1 Å². The standard InChI is InChI=1S/C19H27N3O3/c23-19(21-11-14-2-1-5-20-10-14)9-17-8-15-12-22(13-18(15)25-17)16-3-6-24-7-4-16/h1-2,5,10,15-18H,3-4,6-9,11-13H2,(H,21,23)/t15-,17+,18+/m1/s1. The third-order valence-corrected chi connectivity index (χ3v) is 5.67. The first-order valence-electron chi connectivity index (χ1n) is 9.41. The minimum atomic E-state index is 0.0649. The Kier molecular flexibility index (Phi) is 5.29. The lowest BCUT2D eigenvalue weighted by Crippen LogP contribution is -2.39. The maximum absolute atomic E-state index is 12.2. The van der Waals surface area contributed by atoms with Crippen LogP contribution in [0.1, 0.15) is 31.2 Å². The van der Waals surface area contributed by atoms with Crippen LogP contribution in [-0.4, -0.2) is 60.3 Å². The van der Waals surface area contributed by atoms with Crippen LogP contribution in [0, 0.1) is 5.92 Å². The molecule has 1 aromatic rings. The summed E-state index contributed by atoms with van der Waals surface area (Å²) in [4.78, 5) is 18.8. The van der Waals surface area contributed by atoms with Gasteiger partial charge in [-0.3, -0.25) is 14.7 Å². The predicted molar refractivity (Wildman–Crippen MR) is 92.9 cm³/mol. The number of likely N-dealkylation sites (tertiary alicyclic amines) is 1. The van der Waals surface area contributed by atoms with Gasteiger partial charge in [0, 0.05) is 57.2 Å². The Balaban J connectivity index is 1.20. The Morgan fingerprint density at radius 1 is 1.32 bits per heavy atom. The maximum atomic E-state index is 12.2. The van der Waals surface area contributed by atoms with Crippen molar-refractivity contribution >= 4 is 5.91 Å². The molecule has 1 N–H and O–H groups in total. The lowest BCUT2D eigenvalue weighted by molar-refractivity contribution is -0.124. The first-order valence-corrected chi connectivity index (χ1v) is 9.41. The number of nitrogens with one attached hydrogen (secondary N) is 1. The fourth-order valence-corrected chi connectivity index (χ4v) is 4.36. The highest BCUT2D eigenvalue weighted by Crippen LogP contribution is 2.36. The molecule has 0 aromatic carbocycles. The minimum Gasteiger partial charge on any atom is -0.381 e. The number of fused-ring (bicyclic) bond motifs is 1. The molecule has 4 rings (SSSR count). The first-order chi connectivity index (χ1) is 12.3. The van der Waals surface area contributed by atoms with Crippen LogP contribution in [0.4, 0.5) is 0 Å². The number of hydrogen-bond donors (Lipinski definition) is 1. The van der Waals surface area contributed by atoms with Crippen LogP contribution in [0.15, 0.2) is 24.5 Å². The van der Waals surface area contributed by atoms with E-state index in [1.165, 1.54) is 0 Å². The van der Waals surface area contributed by atoms with E-state index in [1.807, 2.05) is 12.1 Å². The number of rotatable bonds is 5. The molecule has 3 aliphatic rings. The molecule has 1 amide bonds. The molecule has 0 bridgehead atoms. The minimum absolute atomic E-state index is 0.0649. The highest BCUT2D eigenvalue weighted by molar-refractivity contribution is 5.76. The second-order valence-electron chi connectivity index (χ2n) is 7.43. The van der Waals surface area contributed by atoms with Gasteiger partial charge in [-0.2, -0.15) is 0 Å². The van der Waals surface area contributed by atoms with Crippen molar-refractivity contribution in [1.82, 2.24) is 15.2 Å². The number of ether oxygens (including phenoxy) is 2. The molecule has 3 fully saturated rings. The van der Waals surface area contributed by atoms with Gasteiger partial charge in [-0.1, -0.05) is 6.07 Å². The zero-order chi connectivity index (χ0) is 17.1. The summed E-state index contributed by atoms with van der Waals surface area (Å²) >= 11 is 0. The number of nitrogens with zero attached hydrogens (tertiary/aromatic N) is 2. The van der Waals surface area contributed by atoms with Crippen molar-refractivity contribution in [1.29, 1.82) is 0 Å². The van der Waals surface area contributed by atoms with Gasteiger partial charge in [-0.05, 0) is 30.9 Å². The lowest BCUT2D eigenvalue weighted by atomic mass is 10.0. The molecule has 6 heteroatoms. The lowest BCUT2D eigenvalue weighted by Gasteiger charge is -2.31. The second-order valence-corrected chi connectivity index (χ2v) is 7.43. The Labute approximate surface area is 148 Å². The molecule has 136 valence electrons. The van der Waals surface area contributed by atoms with Crippen molar-refractivity contribution in [2.75, 3.05) is 26.3 Å². The molecule has 0 unspecified atom stereocenters. The number of carbonyl (C=O) groups excluding carboxylic acids is 1. The van der Waals surface area contributed by atoms with Crippen molar-refractivity contribution in [3.63, 3.8) is 0 Å². The average Bonchev–Trinajstić information content (AvgIpc) is 3.20. The van der Waals surface area contributed by atoms with Crippen LogP contribution in [0.25, 0.3) is 0 Å². The van der Waals surface area contributed by atoms with E-state index in [1.54, 1.807) is 12.4 Å². The van der Waals surface area contributed by atoms with Crippen molar-refractivity contribution in [2.45, 2.75) is 50.5 Å². The summed E-state index contributed by atoms with van der Waals surface area (Å²) in [5, 5.41) is 2.97. The smallest absolute Gasteiger partial charge is 0.222 e. The average molecular weight is 345 g/mol. The molecule has 3 atom stereocenters. The fraction of sp³-hybridized carbons (Fsp3) is 0.684. The summed E-state index contributed by atoms with van der Waals surface area (Å²) in [6, 6.07) is 4.51. The highest BCUT2D eigenvalue weighted by Gasteiger charge is 2.44. The molecule has 4 heterocycles. The Morgan fingerprint density at radius 2 is 2.20 bits per heavy atom. The van der Waals surface area contributed by atoms with E-state index in [9.17, 15) is 4.79 Å². The van der Waals surface area contributed by atoms with Crippen LogP contribution < -0.4 is 5.32 Å². The third kappa shape index (κ3) is 4.19. The molecule has 0 radical (unpaired) electrons. The van der Waals surface area contributed by atoms with Crippen LogP contribution in [0.5, 0.6) is 0 Å². The summed E-state index contributed by atoms with van der Waals surface area (Å²) < 4.78 is 11.6. The van der Waals surface area contributed by atoms with Gasteiger partial charge in [-0.25, -0.2) is 0 Å². The number of amides is 1. The molecule has 1 aromatic heterocycles. The van der Waals surface area contributed by atoms with E-state index in [2.05, 4.69) is 15.2 Å². The van der Waals surface area contributed by atoms with E-state index in [-0.39, 0.29) is 12.0 Å². The SMILES string of the molecule is O=C(C[C@@H]1C[C@@H]2CN(C3CCOCC3)C[C@@H]2O1)NCc1cccnc1. The van der Waals surface area contributed by atoms with Crippen LogP contribution >= 0.6 is 0 Å². The monoisotopic (exact) mass is 345 g/mol. The number of aromatic nitrogens is 1. The fourth-order valence-electron chi connectivity index (χ4n) is 4.36. The van der Waals surface area contributed by atoms with E-state index in [4.69, 9.17) is 9.47 Å². The van der Waals surface area contributed by atoms with Crippen LogP contribution in [0.3, 0.4) is 0 Å². The summed E-state index contributed by atoms with van der Waals surface area (Å²) in [6.45, 7) is 4.43.